The summed E-state index contributed by atoms with van der Waals surface area (Å²) >= 11 is 0. The van der Waals surface area contributed by atoms with Crippen LogP contribution in [0.1, 0.15) is 76.6 Å². The molecule has 2 atom stereocenters. The summed E-state index contributed by atoms with van der Waals surface area (Å²) in [6, 6.07) is 1.98. The van der Waals surface area contributed by atoms with Gasteiger partial charge < -0.3 is 21.2 Å². The molecule has 0 aliphatic heterocycles. The van der Waals surface area contributed by atoms with Crippen LogP contribution in [0.2, 0.25) is 0 Å². The predicted molar refractivity (Wildman–Crippen MR) is 128 cm³/mol. The van der Waals surface area contributed by atoms with Crippen LogP contribution in [0.4, 0.5) is 5.69 Å². The lowest BCUT2D eigenvalue weighted by Gasteiger charge is -2.39. The van der Waals surface area contributed by atoms with E-state index < -0.39 is 5.91 Å². The molecule has 0 spiro atoms. The predicted octanol–water partition coefficient (Wildman–Crippen LogP) is 3.78. The van der Waals surface area contributed by atoms with Crippen molar-refractivity contribution in [2.45, 2.75) is 78.3 Å². The van der Waals surface area contributed by atoms with E-state index in [1.54, 1.807) is 4.52 Å². The lowest BCUT2D eigenvalue weighted by molar-refractivity contribution is 0.100. The molecule has 0 bridgehead atoms. The van der Waals surface area contributed by atoms with E-state index in [1.807, 2.05) is 12.3 Å². The molecule has 9 nitrogen and oxygen atoms in total. The van der Waals surface area contributed by atoms with Gasteiger partial charge in [-0.1, -0.05) is 40.5 Å². The Kier molecular flexibility index (Phi) is 5.94. The summed E-state index contributed by atoms with van der Waals surface area (Å²) < 4.78 is 7.66. The Labute approximate surface area is 194 Å². The van der Waals surface area contributed by atoms with Gasteiger partial charge in [-0.2, -0.15) is 5.10 Å². The van der Waals surface area contributed by atoms with E-state index in [2.05, 4.69) is 55.2 Å². The molecular weight excluding hydrogens is 418 g/mol. The van der Waals surface area contributed by atoms with Crippen LogP contribution in [-0.2, 0) is 6.42 Å². The van der Waals surface area contributed by atoms with Crippen LogP contribution in [-0.4, -0.2) is 37.3 Å². The Morgan fingerprint density at radius 3 is 2.64 bits per heavy atom. The largest absolute Gasteiger partial charge is 0.421 e. The SMILES string of the molecule is CCC(CC)Cc1nnc(-c2cc3c(N[C@@H]4CC[C@](C)(N)C4(C)C)c(C(N)=O)cnn3c2)o1. The van der Waals surface area contributed by atoms with Gasteiger partial charge in [0.15, 0.2) is 0 Å². The maximum Gasteiger partial charge on any atom is 0.252 e. The lowest BCUT2D eigenvalue weighted by Crippen LogP contribution is -2.51. The number of amides is 1. The van der Waals surface area contributed by atoms with Crippen molar-refractivity contribution in [2.75, 3.05) is 5.32 Å². The van der Waals surface area contributed by atoms with Gasteiger partial charge in [-0.25, -0.2) is 4.52 Å². The van der Waals surface area contributed by atoms with Gasteiger partial charge in [-0.05, 0) is 31.7 Å². The fraction of sp³-hybridized carbons (Fsp3) is 0.583. The number of hydrogen-bond acceptors (Lipinski definition) is 7. The maximum atomic E-state index is 12.2. The Bertz CT molecular complexity index is 1160. The highest BCUT2D eigenvalue weighted by atomic mass is 16.4. The Morgan fingerprint density at radius 2 is 2.03 bits per heavy atom. The quantitative estimate of drug-likeness (QED) is 0.472. The molecule has 9 heteroatoms. The number of nitrogens with zero attached hydrogens (tertiary/aromatic N) is 4. The minimum absolute atomic E-state index is 0.0742. The van der Waals surface area contributed by atoms with E-state index in [9.17, 15) is 4.79 Å². The fourth-order valence-corrected chi connectivity index (χ4v) is 4.74. The van der Waals surface area contributed by atoms with E-state index in [0.29, 0.717) is 29.0 Å². The third-order valence-corrected chi connectivity index (χ3v) is 7.85. The van der Waals surface area contributed by atoms with Crippen LogP contribution in [0, 0.1) is 11.3 Å². The van der Waals surface area contributed by atoms with Crippen molar-refractivity contribution in [2.24, 2.45) is 22.8 Å². The van der Waals surface area contributed by atoms with Gasteiger partial charge in [0.2, 0.25) is 11.8 Å². The standard InChI is InChI=1S/C24H35N7O2/c1-6-14(7-2)10-19-29-30-22(33-19)15-11-17-20(16(21(25)32)12-27-31(17)13-15)28-18-8-9-24(5,26)23(18,3)4/h11-14,18,28H,6-10,26H2,1-5H3,(H2,25,32)/t18-,24+/m1/s1. The molecule has 0 radical (unpaired) electrons. The number of nitrogens with two attached hydrogens (primary N) is 2. The van der Waals surface area contributed by atoms with E-state index in [1.165, 1.54) is 6.20 Å². The summed E-state index contributed by atoms with van der Waals surface area (Å²) in [4.78, 5) is 12.2. The number of carbonyl (C=O) groups is 1. The molecule has 1 saturated carbocycles. The fourth-order valence-electron chi connectivity index (χ4n) is 4.74. The van der Waals surface area contributed by atoms with Gasteiger partial charge in [0, 0.05) is 29.6 Å². The second-order valence-electron chi connectivity index (χ2n) is 10.1. The molecule has 0 unspecified atom stereocenters. The number of anilines is 1. The van der Waals surface area contributed by atoms with E-state index in [4.69, 9.17) is 15.9 Å². The molecule has 1 aliphatic rings. The average molecular weight is 454 g/mol. The molecule has 0 aromatic carbocycles. The van der Waals surface area contributed by atoms with Gasteiger partial charge in [-0.3, -0.25) is 4.79 Å². The Balaban J connectivity index is 1.71. The zero-order valence-corrected chi connectivity index (χ0v) is 20.2. The zero-order chi connectivity index (χ0) is 24.0. The van der Waals surface area contributed by atoms with Crippen LogP contribution >= 0.6 is 0 Å². The topological polar surface area (TPSA) is 137 Å². The van der Waals surface area contributed by atoms with Crippen LogP contribution < -0.4 is 16.8 Å². The molecule has 3 aromatic rings. The first-order chi connectivity index (χ1) is 15.6. The van der Waals surface area contributed by atoms with Crippen molar-refractivity contribution in [3.05, 3.63) is 29.9 Å². The summed E-state index contributed by atoms with van der Waals surface area (Å²) in [5.41, 5.74) is 14.2. The number of primary amides is 1. The van der Waals surface area contributed by atoms with Crippen molar-refractivity contribution < 1.29 is 9.21 Å². The molecule has 1 aliphatic carbocycles. The summed E-state index contributed by atoms with van der Waals surface area (Å²) in [5, 5.41) is 16.5. The minimum atomic E-state index is -0.535. The van der Waals surface area contributed by atoms with Gasteiger partial charge in [0.1, 0.15) is 0 Å². The van der Waals surface area contributed by atoms with Gasteiger partial charge in [-0.15, -0.1) is 10.2 Å². The summed E-state index contributed by atoms with van der Waals surface area (Å²) in [6.45, 7) is 10.7. The van der Waals surface area contributed by atoms with Gasteiger partial charge in [0.25, 0.3) is 5.91 Å². The number of aromatic nitrogens is 4. The lowest BCUT2D eigenvalue weighted by atomic mass is 9.75. The molecule has 5 N–H and O–H groups in total. The molecule has 1 amide bonds. The first-order valence-electron chi connectivity index (χ1n) is 11.8. The van der Waals surface area contributed by atoms with Crippen LogP contribution in [0.5, 0.6) is 0 Å². The summed E-state index contributed by atoms with van der Waals surface area (Å²) in [7, 11) is 0. The highest BCUT2D eigenvalue weighted by Gasteiger charge is 2.49. The van der Waals surface area contributed by atoms with Crippen molar-refractivity contribution in [3.8, 4) is 11.5 Å². The second-order valence-corrected chi connectivity index (χ2v) is 10.1. The minimum Gasteiger partial charge on any atom is -0.421 e. The first kappa shape index (κ1) is 23.2. The third kappa shape index (κ3) is 4.10. The van der Waals surface area contributed by atoms with Crippen LogP contribution in [0.15, 0.2) is 22.9 Å². The van der Waals surface area contributed by atoms with Gasteiger partial charge >= 0.3 is 0 Å². The average Bonchev–Trinajstić information content (AvgIpc) is 3.45. The van der Waals surface area contributed by atoms with E-state index in [-0.39, 0.29) is 17.0 Å². The molecule has 4 rings (SSSR count). The van der Waals surface area contributed by atoms with Crippen LogP contribution in [0.25, 0.3) is 17.0 Å². The molecule has 3 heterocycles. The molecule has 178 valence electrons. The van der Waals surface area contributed by atoms with Crippen molar-refractivity contribution >= 4 is 17.1 Å². The molecule has 3 aromatic heterocycles. The van der Waals surface area contributed by atoms with Crippen LogP contribution in [0.3, 0.4) is 0 Å². The van der Waals surface area contributed by atoms with Gasteiger partial charge in [0.05, 0.1) is 28.5 Å². The van der Waals surface area contributed by atoms with Crippen molar-refractivity contribution in [3.63, 3.8) is 0 Å². The second kappa shape index (κ2) is 8.44. The summed E-state index contributed by atoms with van der Waals surface area (Å²) in [6.07, 6.45) is 8.00. The smallest absolute Gasteiger partial charge is 0.252 e. The van der Waals surface area contributed by atoms with E-state index in [0.717, 1.165) is 43.2 Å². The zero-order valence-electron chi connectivity index (χ0n) is 20.2. The number of fused-ring (bicyclic) bond motifs is 1. The number of nitrogens with one attached hydrogen (secondary N) is 1. The maximum absolute atomic E-state index is 12.2. The molecular formula is C24H35N7O2. The third-order valence-electron chi connectivity index (χ3n) is 7.85. The highest BCUT2D eigenvalue weighted by Crippen LogP contribution is 2.46. The van der Waals surface area contributed by atoms with E-state index >= 15 is 0 Å². The Hall–Kier alpha value is -2.94. The first-order valence-corrected chi connectivity index (χ1v) is 11.8. The monoisotopic (exact) mass is 453 g/mol. The molecule has 33 heavy (non-hydrogen) atoms. The van der Waals surface area contributed by atoms with Crippen molar-refractivity contribution in [1.29, 1.82) is 0 Å². The van der Waals surface area contributed by atoms with Crippen molar-refractivity contribution in [1.82, 2.24) is 19.8 Å². The highest BCUT2D eigenvalue weighted by molar-refractivity contribution is 6.02. The summed E-state index contributed by atoms with van der Waals surface area (Å²) in [5.74, 6) is 1.05. The molecule has 0 saturated heterocycles. The number of hydrogen-bond donors (Lipinski definition) is 3. The molecule has 1 fully saturated rings. The number of carbonyl (C=O) groups excluding carboxylic acids is 1. The number of rotatable bonds is 8. The Morgan fingerprint density at radius 1 is 1.30 bits per heavy atom. The normalized spacial score (nSPS) is 22.3.